The number of nitrogens with one attached hydrogen (secondary N) is 2. The highest BCUT2D eigenvalue weighted by atomic mass is 16.6. The topological polar surface area (TPSA) is 114 Å². The first-order valence-electron chi connectivity index (χ1n) is 13.1. The molecule has 0 bridgehead atoms. The summed E-state index contributed by atoms with van der Waals surface area (Å²) in [7, 11) is 1.54. The number of ether oxygens (including phenoxy) is 2. The lowest BCUT2D eigenvalue weighted by atomic mass is 9.93. The predicted octanol–water partition coefficient (Wildman–Crippen LogP) is 4.01. The molecular weight excluding hydrogens is 498 g/mol. The fourth-order valence-electron chi connectivity index (χ4n) is 4.25. The molecule has 0 aliphatic carbocycles. The van der Waals surface area contributed by atoms with Crippen LogP contribution in [-0.2, 0) is 30.3 Å². The van der Waals surface area contributed by atoms with Gasteiger partial charge in [-0.05, 0) is 63.8 Å². The number of aryl methyl sites for hydroxylation is 2. The molecule has 0 aliphatic heterocycles. The van der Waals surface area contributed by atoms with Gasteiger partial charge in [-0.3, -0.25) is 14.4 Å². The van der Waals surface area contributed by atoms with E-state index in [1.165, 1.54) is 4.90 Å². The molecule has 2 atom stereocenters. The van der Waals surface area contributed by atoms with E-state index in [1.54, 1.807) is 34.7 Å². The van der Waals surface area contributed by atoms with Crippen LogP contribution in [0.25, 0.3) is 0 Å². The summed E-state index contributed by atoms with van der Waals surface area (Å²) in [5.74, 6) is -1.32. The Balaban J connectivity index is 2.40. The maximum atomic E-state index is 14.0. The third-order valence-electron chi connectivity index (χ3n) is 6.00. The third kappa shape index (κ3) is 9.74. The number of hydrogen-bond acceptors (Lipinski definition) is 6. The Bertz CT molecular complexity index is 1120. The molecule has 39 heavy (non-hydrogen) atoms. The Morgan fingerprint density at radius 1 is 0.949 bits per heavy atom. The minimum atomic E-state index is -1.00. The van der Waals surface area contributed by atoms with Crippen LogP contribution in [0, 0.1) is 13.8 Å². The molecule has 0 radical (unpaired) electrons. The Morgan fingerprint density at radius 2 is 1.56 bits per heavy atom. The molecule has 3 amide bonds. The summed E-state index contributed by atoms with van der Waals surface area (Å²) < 4.78 is 10.4. The molecule has 2 unspecified atom stereocenters. The van der Waals surface area contributed by atoms with Crippen LogP contribution in [-0.4, -0.2) is 60.6 Å². The fraction of sp³-hybridized carbons (Fsp3) is 0.467. The molecule has 9 heteroatoms. The van der Waals surface area contributed by atoms with Gasteiger partial charge in [0.25, 0.3) is 0 Å². The smallest absolute Gasteiger partial charge is 0.408 e. The van der Waals surface area contributed by atoms with Crippen LogP contribution >= 0.6 is 0 Å². The number of rotatable bonds is 11. The molecule has 212 valence electrons. The van der Waals surface area contributed by atoms with Gasteiger partial charge in [0.05, 0.1) is 13.0 Å². The van der Waals surface area contributed by atoms with E-state index in [0.29, 0.717) is 5.56 Å². The highest BCUT2D eigenvalue weighted by molar-refractivity contribution is 5.92. The lowest BCUT2D eigenvalue weighted by Crippen LogP contribution is -2.52. The van der Waals surface area contributed by atoms with Crippen molar-refractivity contribution in [1.29, 1.82) is 0 Å². The number of carbonyl (C=O) groups is 4. The van der Waals surface area contributed by atoms with Crippen LogP contribution in [0.15, 0.2) is 48.5 Å². The molecule has 0 spiro atoms. The van der Waals surface area contributed by atoms with Gasteiger partial charge in [0.15, 0.2) is 0 Å². The monoisotopic (exact) mass is 539 g/mol. The van der Waals surface area contributed by atoms with E-state index in [2.05, 4.69) is 10.6 Å². The molecule has 2 rings (SSSR count). The average molecular weight is 540 g/mol. The molecule has 2 N–H and O–H groups in total. The Hall–Kier alpha value is -3.88. The van der Waals surface area contributed by atoms with Crippen LogP contribution in [0.2, 0.25) is 0 Å². The average Bonchev–Trinajstić information content (AvgIpc) is 2.84. The van der Waals surface area contributed by atoms with Crippen molar-refractivity contribution in [3.8, 4) is 0 Å². The van der Waals surface area contributed by atoms with E-state index in [4.69, 9.17) is 9.47 Å². The van der Waals surface area contributed by atoms with Crippen molar-refractivity contribution in [2.24, 2.45) is 0 Å². The third-order valence-corrected chi connectivity index (χ3v) is 6.00. The normalized spacial score (nSPS) is 12.6. The molecule has 2 aromatic rings. The lowest BCUT2D eigenvalue weighted by molar-refractivity contribution is -0.143. The number of likely N-dealkylation sites (N-methyl/N-ethyl adjacent to an activating group) is 1. The number of esters is 1. The fourth-order valence-corrected chi connectivity index (χ4v) is 4.25. The van der Waals surface area contributed by atoms with Gasteiger partial charge >= 0.3 is 12.1 Å². The summed E-state index contributed by atoms with van der Waals surface area (Å²) in [5.41, 5.74) is 2.43. The summed E-state index contributed by atoms with van der Waals surface area (Å²) in [6.07, 6.45) is -0.520. The van der Waals surface area contributed by atoms with Crippen LogP contribution in [0.5, 0.6) is 0 Å². The molecule has 9 nitrogen and oxygen atoms in total. The summed E-state index contributed by atoms with van der Waals surface area (Å²) in [4.78, 5) is 53.4. The largest absolute Gasteiger partial charge is 0.466 e. The maximum Gasteiger partial charge on any atom is 0.408 e. The first-order valence-corrected chi connectivity index (χ1v) is 13.1. The molecule has 0 saturated heterocycles. The zero-order valence-corrected chi connectivity index (χ0v) is 24.0. The van der Waals surface area contributed by atoms with Crippen LogP contribution in [0.1, 0.15) is 62.4 Å². The van der Waals surface area contributed by atoms with Crippen molar-refractivity contribution in [2.45, 2.75) is 72.1 Å². The molecule has 0 saturated carbocycles. The molecule has 0 aliphatic rings. The number of alkyl carbamates (subject to hydrolysis) is 1. The van der Waals surface area contributed by atoms with E-state index < -0.39 is 41.6 Å². The van der Waals surface area contributed by atoms with Crippen molar-refractivity contribution in [3.63, 3.8) is 0 Å². The van der Waals surface area contributed by atoms with Gasteiger partial charge in [0.1, 0.15) is 17.7 Å². The van der Waals surface area contributed by atoms with Gasteiger partial charge in [-0.15, -0.1) is 0 Å². The predicted molar refractivity (Wildman–Crippen MR) is 149 cm³/mol. The lowest BCUT2D eigenvalue weighted by Gasteiger charge is -2.33. The zero-order valence-electron chi connectivity index (χ0n) is 24.0. The van der Waals surface area contributed by atoms with E-state index in [1.807, 2.05) is 62.4 Å². The van der Waals surface area contributed by atoms with Gasteiger partial charge in [0, 0.05) is 20.0 Å². The maximum absolute atomic E-state index is 14.0. The van der Waals surface area contributed by atoms with Crippen molar-refractivity contribution < 1.29 is 28.7 Å². The van der Waals surface area contributed by atoms with Crippen LogP contribution < -0.4 is 10.6 Å². The highest BCUT2D eigenvalue weighted by Gasteiger charge is 2.35. The molecule has 2 aromatic carbocycles. The Kier molecular flexibility index (Phi) is 11.5. The number of carbonyl (C=O) groups excluding carboxylic acids is 4. The summed E-state index contributed by atoms with van der Waals surface area (Å²) in [6, 6.07) is 12.9. The second-order valence-corrected chi connectivity index (χ2v) is 10.4. The van der Waals surface area contributed by atoms with E-state index >= 15 is 0 Å². The summed E-state index contributed by atoms with van der Waals surface area (Å²) >= 11 is 0. The van der Waals surface area contributed by atoms with Gasteiger partial charge in [-0.25, -0.2) is 4.79 Å². The standard InChI is InChI=1S/C30H41N3O6/c1-8-38-24(34)17-18-31-27(35)26(25-20(2)13-12-14-21(25)3)33(7)28(36)23(19-22-15-10-9-11-16-22)32-29(37)39-30(4,5)6/h9-16,23,26H,8,17-19H2,1-7H3,(H,31,35)(H,32,37). The molecule has 0 fully saturated rings. The zero-order chi connectivity index (χ0) is 29.2. The van der Waals surface area contributed by atoms with Gasteiger partial charge in [-0.2, -0.15) is 0 Å². The minimum absolute atomic E-state index is 0.00749. The number of benzene rings is 2. The van der Waals surface area contributed by atoms with Gasteiger partial charge in [-0.1, -0.05) is 48.5 Å². The van der Waals surface area contributed by atoms with Gasteiger partial charge in [0.2, 0.25) is 11.8 Å². The van der Waals surface area contributed by atoms with Crippen LogP contribution in [0.4, 0.5) is 4.79 Å². The second-order valence-electron chi connectivity index (χ2n) is 10.4. The summed E-state index contributed by atoms with van der Waals surface area (Å²) in [6.45, 7) is 11.0. The molecule has 0 aromatic heterocycles. The second kappa shape index (κ2) is 14.3. The summed E-state index contributed by atoms with van der Waals surface area (Å²) in [5, 5.41) is 5.48. The van der Waals surface area contributed by atoms with Gasteiger partial charge < -0.3 is 25.0 Å². The quantitative estimate of drug-likeness (QED) is 0.417. The minimum Gasteiger partial charge on any atom is -0.466 e. The van der Waals surface area contributed by atoms with E-state index in [-0.39, 0.29) is 26.0 Å². The number of nitrogens with zero attached hydrogens (tertiary/aromatic N) is 1. The SMILES string of the molecule is CCOC(=O)CCNC(=O)C(c1c(C)cccc1C)N(C)C(=O)C(Cc1ccccc1)NC(=O)OC(C)(C)C. The van der Waals surface area contributed by atoms with Crippen molar-refractivity contribution in [1.82, 2.24) is 15.5 Å². The van der Waals surface area contributed by atoms with Crippen molar-refractivity contribution in [3.05, 3.63) is 70.8 Å². The van der Waals surface area contributed by atoms with Crippen molar-refractivity contribution >= 4 is 23.9 Å². The Morgan fingerprint density at radius 3 is 2.13 bits per heavy atom. The highest BCUT2D eigenvalue weighted by Crippen LogP contribution is 2.28. The number of amides is 3. The molecular formula is C30H41N3O6. The first-order chi connectivity index (χ1) is 18.3. The molecule has 0 heterocycles. The Labute approximate surface area is 231 Å². The first kappa shape index (κ1) is 31.3. The van der Waals surface area contributed by atoms with E-state index in [9.17, 15) is 19.2 Å². The number of hydrogen-bond donors (Lipinski definition) is 2. The van der Waals surface area contributed by atoms with Crippen LogP contribution in [0.3, 0.4) is 0 Å². The van der Waals surface area contributed by atoms with Crippen molar-refractivity contribution in [2.75, 3.05) is 20.2 Å². The van der Waals surface area contributed by atoms with E-state index in [0.717, 1.165) is 16.7 Å².